The molecule has 18 heavy (non-hydrogen) atoms. The molecule has 98 valence electrons. The highest BCUT2D eigenvalue weighted by Gasteiger charge is 2.20. The van der Waals surface area contributed by atoms with Crippen molar-refractivity contribution in [1.82, 2.24) is 0 Å². The molecule has 0 N–H and O–H groups in total. The van der Waals surface area contributed by atoms with Crippen molar-refractivity contribution in [2.75, 3.05) is 7.11 Å². The van der Waals surface area contributed by atoms with Crippen LogP contribution in [0.2, 0.25) is 0 Å². The monoisotopic (exact) mass is 248 g/mol. The summed E-state index contributed by atoms with van der Waals surface area (Å²) in [5, 5.41) is 0. The predicted octanol–water partition coefficient (Wildman–Crippen LogP) is 3.47. The molecule has 1 aliphatic rings. The van der Waals surface area contributed by atoms with E-state index in [9.17, 15) is 4.79 Å². The van der Waals surface area contributed by atoms with Gasteiger partial charge in [0.25, 0.3) is 0 Å². The molecule has 3 nitrogen and oxygen atoms in total. The van der Waals surface area contributed by atoms with Crippen molar-refractivity contribution in [3.8, 4) is 11.5 Å². The van der Waals surface area contributed by atoms with Gasteiger partial charge < -0.3 is 9.47 Å². The molecule has 0 saturated heterocycles. The topological polar surface area (TPSA) is 35.5 Å². The summed E-state index contributed by atoms with van der Waals surface area (Å²) >= 11 is 0. The smallest absolute Gasteiger partial charge is 0.153 e. The predicted molar refractivity (Wildman–Crippen MR) is 70.4 cm³/mol. The third-order valence-electron chi connectivity index (χ3n) is 3.60. The molecular formula is C15H20O3. The normalized spacial score (nSPS) is 23.4. The van der Waals surface area contributed by atoms with E-state index in [1.807, 2.05) is 12.1 Å². The molecule has 0 aliphatic heterocycles. The maximum Gasteiger partial charge on any atom is 0.153 e. The van der Waals surface area contributed by atoms with Gasteiger partial charge in [-0.1, -0.05) is 6.92 Å². The standard InChI is InChI=1S/C15H20O3/c1-11-3-5-13(6-4-11)18-15-8-7-14(17-2)9-12(15)10-16/h7-11,13H,3-6H2,1-2H3. The number of aldehydes is 1. The Morgan fingerprint density at radius 1 is 1.22 bits per heavy atom. The first-order valence-electron chi connectivity index (χ1n) is 6.52. The average Bonchev–Trinajstić information content (AvgIpc) is 2.41. The maximum atomic E-state index is 11.1. The third kappa shape index (κ3) is 3.03. The highest BCUT2D eigenvalue weighted by molar-refractivity contribution is 5.80. The summed E-state index contributed by atoms with van der Waals surface area (Å²) in [7, 11) is 1.59. The van der Waals surface area contributed by atoms with Crippen LogP contribution in [0.25, 0.3) is 0 Å². The molecule has 0 spiro atoms. The number of benzene rings is 1. The largest absolute Gasteiger partial charge is 0.497 e. The van der Waals surface area contributed by atoms with Crippen LogP contribution in [0.1, 0.15) is 43.0 Å². The van der Waals surface area contributed by atoms with Crippen molar-refractivity contribution >= 4 is 6.29 Å². The van der Waals surface area contributed by atoms with Gasteiger partial charge in [-0.2, -0.15) is 0 Å². The lowest BCUT2D eigenvalue weighted by atomic mass is 9.89. The minimum absolute atomic E-state index is 0.244. The molecule has 0 atom stereocenters. The first kappa shape index (κ1) is 12.9. The van der Waals surface area contributed by atoms with Gasteiger partial charge in [0.1, 0.15) is 11.5 Å². The van der Waals surface area contributed by atoms with E-state index in [1.165, 1.54) is 12.8 Å². The summed E-state index contributed by atoms with van der Waals surface area (Å²) in [4.78, 5) is 11.1. The van der Waals surface area contributed by atoms with Gasteiger partial charge in [-0.3, -0.25) is 4.79 Å². The van der Waals surface area contributed by atoms with E-state index >= 15 is 0 Å². The molecular weight excluding hydrogens is 228 g/mol. The zero-order valence-corrected chi connectivity index (χ0v) is 11.0. The Balaban J connectivity index is 2.06. The molecule has 1 aromatic carbocycles. The Morgan fingerprint density at radius 3 is 2.56 bits per heavy atom. The molecule has 1 fully saturated rings. The molecule has 1 aliphatic carbocycles. The molecule has 0 radical (unpaired) electrons. The fourth-order valence-electron chi connectivity index (χ4n) is 2.38. The van der Waals surface area contributed by atoms with E-state index < -0.39 is 0 Å². The minimum Gasteiger partial charge on any atom is -0.497 e. The Hall–Kier alpha value is -1.51. The first-order chi connectivity index (χ1) is 8.72. The van der Waals surface area contributed by atoms with E-state index in [4.69, 9.17) is 9.47 Å². The zero-order chi connectivity index (χ0) is 13.0. The van der Waals surface area contributed by atoms with Gasteiger partial charge in [0.15, 0.2) is 6.29 Å². The summed E-state index contributed by atoms with van der Waals surface area (Å²) in [5.74, 6) is 2.15. The van der Waals surface area contributed by atoms with E-state index in [2.05, 4.69) is 6.92 Å². The van der Waals surface area contributed by atoms with Crippen LogP contribution in [-0.2, 0) is 0 Å². The summed E-state index contributed by atoms with van der Waals surface area (Å²) in [5.41, 5.74) is 0.563. The molecule has 3 heteroatoms. The van der Waals surface area contributed by atoms with E-state index in [0.29, 0.717) is 17.1 Å². The van der Waals surface area contributed by atoms with Crippen LogP contribution in [0.3, 0.4) is 0 Å². The second kappa shape index (κ2) is 5.89. The average molecular weight is 248 g/mol. The van der Waals surface area contributed by atoms with E-state index in [-0.39, 0.29) is 6.10 Å². The second-order valence-corrected chi connectivity index (χ2v) is 5.02. The number of carbonyl (C=O) groups excluding carboxylic acids is 1. The van der Waals surface area contributed by atoms with Crippen molar-refractivity contribution in [3.63, 3.8) is 0 Å². The van der Waals surface area contributed by atoms with Crippen LogP contribution in [0, 0.1) is 5.92 Å². The van der Waals surface area contributed by atoms with Crippen molar-refractivity contribution in [3.05, 3.63) is 23.8 Å². The maximum absolute atomic E-state index is 11.1. The summed E-state index contributed by atoms with van der Waals surface area (Å²) in [6.07, 6.45) is 5.63. The number of hydrogen-bond donors (Lipinski definition) is 0. The number of hydrogen-bond acceptors (Lipinski definition) is 3. The molecule has 2 rings (SSSR count). The summed E-state index contributed by atoms with van der Waals surface area (Å²) in [6.45, 7) is 2.28. The van der Waals surface area contributed by atoms with Gasteiger partial charge in [-0.15, -0.1) is 0 Å². The van der Waals surface area contributed by atoms with Gasteiger partial charge in [-0.25, -0.2) is 0 Å². The third-order valence-corrected chi connectivity index (χ3v) is 3.60. The number of ether oxygens (including phenoxy) is 2. The lowest BCUT2D eigenvalue weighted by Gasteiger charge is -2.27. The lowest BCUT2D eigenvalue weighted by molar-refractivity contribution is 0.110. The fourth-order valence-corrected chi connectivity index (χ4v) is 2.38. The Kier molecular flexibility index (Phi) is 4.24. The molecule has 0 amide bonds. The Labute approximate surface area is 108 Å². The van der Waals surface area contributed by atoms with E-state index in [1.54, 1.807) is 13.2 Å². The number of rotatable bonds is 4. The van der Waals surface area contributed by atoms with Gasteiger partial charge in [-0.05, 0) is 49.8 Å². The fraction of sp³-hybridized carbons (Fsp3) is 0.533. The van der Waals surface area contributed by atoms with Crippen molar-refractivity contribution < 1.29 is 14.3 Å². The molecule has 0 bridgehead atoms. The van der Waals surface area contributed by atoms with Crippen LogP contribution in [0.5, 0.6) is 11.5 Å². The number of carbonyl (C=O) groups is 1. The molecule has 0 unspecified atom stereocenters. The van der Waals surface area contributed by atoms with Crippen LogP contribution < -0.4 is 9.47 Å². The quantitative estimate of drug-likeness (QED) is 0.765. The molecule has 1 aromatic rings. The SMILES string of the molecule is COc1ccc(OC2CCC(C)CC2)c(C=O)c1. The molecule has 1 saturated carbocycles. The van der Waals surface area contributed by atoms with Crippen molar-refractivity contribution in [1.29, 1.82) is 0 Å². The highest BCUT2D eigenvalue weighted by atomic mass is 16.5. The van der Waals surface area contributed by atoms with Gasteiger partial charge in [0, 0.05) is 0 Å². The Morgan fingerprint density at radius 2 is 1.94 bits per heavy atom. The van der Waals surface area contributed by atoms with Gasteiger partial charge >= 0.3 is 0 Å². The van der Waals surface area contributed by atoms with Crippen molar-refractivity contribution in [2.24, 2.45) is 5.92 Å². The lowest BCUT2D eigenvalue weighted by Crippen LogP contribution is -2.23. The zero-order valence-electron chi connectivity index (χ0n) is 11.0. The van der Waals surface area contributed by atoms with Gasteiger partial charge in [0.2, 0.25) is 0 Å². The van der Waals surface area contributed by atoms with Crippen molar-refractivity contribution in [2.45, 2.75) is 38.7 Å². The highest BCUT2D eigenvalue weighted by Crippen LogP contribution is 2.29. The van der Waals surface area contributed by atoms with E-state index in [0.717, 1.165) is 25.0 Å². The molecule has 0 heterocycles. The minimum atomic E-state index is 0.244. The second-order valence-electron chi connectivity index (χ2n) is 5.02. The Bertz CT molecular complexity index is 406. The number of methoxy groups -OCH3 is 1. The van der Waals surface area contributed by atoms with Crippen LogP contribution >= 0.6 is 0 Å². The van der Waals surface area contributed by atoms with Crippen LogP contribution in [0.15, 0.2) is 18.2 Å². The molecule has 0 aromatic heterocycles. The van der Waals surface area contributed by atoms with Crippen LogP contribution in [0.4, 0.5) is 0 Å². The summed E-state index contributed by atoms with van der Waals surface area (Å²) < 4.78 is 11.0. The van der Waals surface area contributed by atoms with Gasteiger partial charge in [0.05, 0.1) is 18.8 Å². The first-order valence-corrected chi connectivity index (χ1v) is 6.52. The summed E-state index contributed by atoms with van der Waals surface area (Å²) in [6, 6.07) is 5.36. The van der Waals surface area contributed by atoms with Crippen LogP contribution in [-0.4, -0.2) is 19.5 Å².